The van der Waals surface area contributed by atoms with E-state index in [2.05, 4.69) is 11.8 Å². The Hall–Kier alpha value is -0.700. The highest BCUT2D eigenvalue weighted by Gasteiger charge is 2.55. The van der Waals surface area contributed by atoms with Crippen molar-refractivity contribution >= 4 is 16.0 Å². The number of nitrogens with zero attached hydrogens (tertiary/aromatic N) is 2. The topological polar surface area (TPSA) is 76.2 Å². The average molecular weight is 445 g/mol. The molecule has 3 heterocycles. The van der Waals surface area contributed by atoms with Crippen LogP contribution in [0.3, 0.4) is 0 Å². The lowest BCUT2D eigenvalue weighted by atomic mass is 9.79. The number of esters is 1. The van der Waals surface area contributed by atoms with E-state index in [-0.39, 0.29) is 26.1 Å². The maximum absolute atomic E-state index is 13.5. The second-order valence-corrected chi connectivity index (χ2v) is 11.5. The minimum Gasteiger partial charge on any atom is -0.468 e. The predicted molar refractivity (Wildman–Crippen MR) is 117 cm³/mol. The van der Waals surface area contributed by atoms with E-state index in [4.69, 9.17) is 9.47 Å². The van der Waals surface area contributed by atoms with Crippen molar-refractivity contribution in [2.45, 2.75) is 69.5 Å². The Bertz CT molecular complexity index is 646. The van der Waals surface area contributed by atoms with Crippen LogP contribution in [0, 0.1) is 11.8 Å². The predicted octanol–water partition coefficient (Wildman–Crippen LogP) is 2.65. The molecule has 3 aliphatic heterocycles. The minimum absolute atomic E-state index is 0.179. The van der Waals surface area contributed by atoms with Crippen LogP contribution in [0.1, 0.15) is 64.7 Å². The zero-order valence-electron chi connectivity index (χ0n) is 18.8. The summed E-state index contributed by atoms with van der Waals surface area (Å²) in [5, 5.41) is 0. The molecular weight excluding hydrogens is 404 g/mol. The Morgan fingerprint density at radius 3 is 2.10 bits per heavy atom. The van der Waals surface area contributed by atoms with Gasteiger partial charge in [-0.15, -0.1) is 0 Å². The van der Waals surface area contributed by atoms with Crippen LogP contribution in [-0.4, -0.2) is 81.4 Å². The number of unbranched alkanes of at least 4 members (excludes halogenated alkanes) is 2. The normalized spacial score (nSPS) is 25.3. The van der Waals surface area contributed by atoms with E-state index in [1.165, 1.54) is 58.8 Å². The summed E-state index contributed by atoms with van der Waals surface area (Å²) in [4.78, 5) is 15.1. The van der Waals surface area contributed by atoms with Gasteiger partial charge >= 0.3 is 5.97 Å². The summed E-state index contributed by atoms with van der Waals surface area (Å²) < 4.78 is 37.3. The third-order valence-corrected chi connectivity index (χ3v) is 10.2. The van der Waals surface area contributed by atoms with Crippen molar-refractivity contribution in [3.8, 4) is 0 Å². The fourth-order valence-corrected chi connectivity index (χ4v) is 7.68. The molecule has 0 aromatic heterocycles. The third kappa shape index (κ3) is 5.03. The summed E-state index contributed by atoms with van der Waals surface area (Å²) in [5.74, 6) is 0.663. The Morgan fingerprint density at radius 1 is 1.00 bits per heavy atom. The summed E-state index contributed by atoms with van der Waals surface area (Å²) in [6, 6.07) is 0. The van der Waals surface area contributed by atoms with Gasteiger partial charge in [0.15, 0.2) is 4.75 Å². The first kappa shape index (κ1) is 24.0. The highest BCUT2D eigenvalue weighted by molar-refractivity contribution is 7.91. The Labute approximate surface area is 182 Å². The lowest BCUT2D eigenvalue weighted by molar-refractivity contribution is -0.146. The number of carbonyl (C=O) groups excluding carboxylic acids is 1. The van der Waals surface area contributed by atoms with Crippen molar-refractivity contribution in [2.24, 2.45) is 11.8 Å². The fraction of sp³-hybridized carbons (Fsp3) is 0.955. The number of hydrogen-bond donors (Lipinski definition) is 0. The second-order valence-electron chi connectivity index (χ2n) is 9.23. The molecule has 3 saturated heterocycles. The standard InChI is InChI=1S/C22H40N2O5S/c1-3-4-5-12-23-13-6-19(7-14-23)20-8-15-24(16-9-20)30(26,27)22(21(25)28-2)10-17-29-18-11-22/h19-20H,3-18H2,1-2H3. The zero-order chi connectivity index (χ0) is 21.6. The van der Waals surface area contributed by atoms with E-state index in [0.717, 1.165) is 12.8 Å². The molecular formula is C22H40N2O5S. The number of carbonyl (C=O) groups is 1. The van der Waals surface area contributed by atoms with Gasteiger partial charge in [0, 0.05) is 39.1 Å². The van der Waals surface area contributed by atoms with Crippen molar-refractivity contribution in [1.29, 1.82) is 0 Å². The van der Waals surface area contributed by atoms with Crippen molar-refractivity contribution in [3.05, 3.63) is 0 Å². The maximum atomic E-state index is 13.5. The van der Waals surface area contributed by atoms with E-state index in [0.29, 0.717) is 24.9 Å². The molecule has 0 aromatic rings. The molecule has 0 spiro atoms. The SMILES string of the molecule is CCCCCN1CCC(C2CCN(S(=O)(=O)C3(C(=O)OC)CCOCC3)CC2)CC1. The van der Waals surface area contributed by atoms with E-state index in [9.17, 15) is 13.2 Å². The van der Waals surface area contributed by atoms with Crippen LogP contribution in [0.5, 0.6) is 0 Å². The maximum Gasteiger partial charge on any atom is 0.328 e. The lowest BCUT2D eigenvalue weighted by Crippen LogP contribution is -2.58. The molecule has 0 aromatic carbocycles. The van der Waals surface area contributed by atoms with Gasteiger partial charge in [0.1, 0.15) is 0 Å². The molecule has 3 rings (SSSR count). The van der Waals surface area contributed by atoms with Gasteiger partial charge in [-0.2, -0.15) is 0 Å². The first-order valence-electron chi connectivity index (χ1n) is 11.8. The number of ether oxygens (including phenoxy) is 2. The van der Waals surface area contributed by atoms with Crippen LogP contribution in [0.15, 0.2) is 0 Å². The quantitative estimate of drug-likeness (QED) is 0.423. The molecule has 3 fully saturated rings. The zero-order valence-corrected chi connectivity index (χ0v) is 19.6. The molecule has 8 heteroatoms. The number of hydrogen-bond acceptors (Lipinski definition) is 6. The molecule has 7 nitrogen and oxygen atoms in total. The lowest BCUT2D eigenvalue weighted by Gasteiger charge is -2.43. The molecule has 0 aliphatic carbocycles. The largest absolute Gasteiger partial charge is 0.468 e. The molecule has 0 bridgehead atoms. The smallest absolute Gasteiger partial charge is 0.328 e. The van der Waals surface area contributed by atoms with Crippen LogP contribution < -0.4 is 0 Å². The van der Waals surface area contributed by atoms with E-state index in [1.807, 2.05) is 0 Å². The van der Waals surface area contributed by atoms with Gasteiger partial charge in [0.2, 0.25) is 10.0 Å². The van der Waals surface area contributed by atoms with Gasteiger partial charge in [-0.05, 0) is 63.6 Å². The number of piperidine rings is 2. The Balaban J connectivity index is 1.54. The summed E-state index contributed by atoms with van der Waals surface area (Å²) in [6.45, 7) is 7.41. The van der Waals surface area contributed by atoms with Crippen LogP contribution in [-0.2, 0) is 24.3 Å². The van der Waals surface area contributed by atoms with Crippen LogP contribution >= 0.6 is 0 Å². The second kappa shape index (κ2) is 10.7. The molecule has 0 saturated carbocycles. The first-order valence-corrected chi connectivity index (χ1v) is 13.3. The molecule has 0 amide bonds. The van der Waals surface area contributed by atoms with Gasteiger partial charge < -0.3 is 14.4 Å². The summed E-state index contributed by atoms with van der Waals surface area (Å²) in [5.41, 5.74) is 0. The molecule has 0 N–H and O–H groups in total. The Morgan fingerprint density at radius 2 is 1.57 bits per heavy atom. The first-order chi connectivity index (χ1) is 14.4. The van der Waals surface area contributed by atoms with Crippen LogP contribution in [0.25, 0.3) is 0 Å². The Kier molecular flexibility index (Phi) is 8.58. The van der Waals surface area contributed by atoms with Gasteiger partial charge in [-0.25, -0.2) is 12.7 Å². The van der Waals surface area contributed by atoms with Crippen LogP contribution in [0.4, 0.5) is 0 Å². The van der Waals surface area contributed by atoms with E-state index in [1.54, 1.807) is 4.31 Å². The highest BCUT2D eigenvalue weighted by Crippen LogP contribution is 2.38. The van der Waals surface area contributed by atoms with Crippen molar-refractivity contribution < 1.29 is 22.7 Å². The van der Waals surface area contributed by atoms with Crippen molar-refractivity contribution in [1.82, 2.24) is 9.21 Å². The number of rotatable bonds is 8. The fourth-order valence-electron chi connectivity index (χ4n) is 5.52. The molecule has 30 heavy (non-hydrogen) atoms. The van der Waals surface area contributed by atoms with Gasteiger partial charge in [-0.1, -0.05) is 19.8 Å². The van der Waals surface area contributed by atoms with Crippen LogP contribution in [0.2, 0.25) is 0 Å². The summed E-state index contributed by atoms with van der Waals surface area (Å²) in [6.07, 6.45) is 8.48. The summed E-state index contributed by atoms with van der Waals surface area (Å²) in [7, 11) is -2.49. The number of sulfonamides is 1. The van der Waals surface area contributed by atoms with Gasteiger partial charge in [0.05, 0.1) is 7.11 Å². The minimum atomic E-state index is -3.76. The van der Waals surface area contributed by atoms with E-state index >= 15 is 0 Å². The molecule has 0 atom stereocenters. The van der Waals surface area contributed by atoms with Crippen molar-refractivity contribution in [2.75, 3.05) is 53.0 Å². The monoisotopic (exact) mass is 444 g/mol. The molecule has 0 unspecified atom stereocenters. The van der Waals surface area contributed by atoms with Crippen molar-refractivity contribution in [3.63, 3.8) is 0 Å². The molecule has 3 aliphatic rings. The number of methoxy groups -OCH3 is 1. The molecule has 0 radical (unpaired) electrons. The average Bonchev–Trinajstić information content (AvgIpc) is 2.79. The third-order valence-electron chi connectivity index (χ3n) is 7.57. The summed E-state index contributed by atoms with van der Waals surface area (Å²) >= 11 is 0. The molecule has 174 valence electrons. The van der Waals surface area contributed by atoms with Gasteiger partial charge in [-0.3, -0.25) is 4.79 Å². The van der Waals surface area contributed by atoms with E-state index < -0.39 is 20.7 Å². The highest BCUT2D eigenvalue weighted by atomic mass is 32.2. The number of likely N-dealkylation sites (tertiary alicyclic amines) is 1. The van der Waals surface area contributed by atoms with Gasteiger partial charge in [0.25, 0.3) is 0 Å².